The number of amides is 1. The van der Waals surface area contributed by atoms with Gasteiger partial charge in [0.1, 0.15) is 15.2 Å². The van der Waals surface area contributed by atoms with Gasteiger partial charge in [-0.25, -0.2) is 9.97 Å². The van der Waals surface area contributed by atoms with Gasteiger partial charge in [0.2, 0.25) is 0 Å². The summed E-state index contributed by atoms with van der Waals surface area (Å²) in [4.78, 5) is 21.5. The molecule has 0 bridgehead atoms. The Kier molecular flexibility index (Phi) is 2.87. The number of hydrogen-bond acceptors (Lipinski definition) is 5. The van der Waals surface area contributed by atoms with E-state index in [4.69, 9.17) is 5.73 Å². The van der Waals surface area contributed by atoms with Crippen LogP contribution in [-0.4, -0.2) is 22.4 Å². The first kappa shape index (κ1) is 11.4. The van der Waals surface area contributed by atoms with Gasteiger partial charge in [-0.15, -0.1) is 11.3 Å². The van der Waals surface area contributed by atoms with E-state index in [0.717, 1.165) is 18.9 Å². The van der Waals surface area contributed by atoms with Gasteiger partial charge in [0.05, 0.1) is 5.69 Å². The summed E-state index contributed by atoms with van der Waals surface area (Å²) in [6, 6.07) is 0. The average molecular weight is 262 g/mol. The number of aromatic nitrogens is 2. The van der Waals surface area contributed by atoms with E-state index in [2.05, 4.69) is 15.3 Å². The number of nitrogen functional groups attached to an aromatic ring is 1. The Bertz CT molecular complexity index is 591. The standard InChI is InChI=1S/C12H14N4OS/c13-8-9-12(16-6-5-14-9)18-10(8)11(17)15-4-3-7-1-2-7/h5-7H,1-4,13H2,(H,15,17). The van der Waals surface area contributed by atoms with Crippen molar-refractivity contribution in [2.75, 3.05) is 12.3 Å². The van der Waals surface area contributed by atoms with Crippen molar-refractivity contribution in [1.82, 2.24) is 15.3 Å². The Hall–Kier alpha value is -1.69. The molecular weight excluding hydrogens is 248 g/mol. The van der Waals surface area contributed by atoms with Gasteiger partial charge in [-0.1, -0.05) is 12.8 Å². The third kappa shape index (κ3) is 2.15. The summed E-state index contributed by atoms with van der Waals surface area (Å²) in [5.41, 5.74) is 6.99. The third-order valence-corrected chi connectivity index (χ3v) is 4.21. The highest BCUT2D eigenvalue weighted by Gasteiger charge is 2.22. The molecule has 3 N–H and O–H groups in total. The number of fused-ring (bicyclic) bond motifs is 1. The number of nitrogens with zero attached hydrogens (tertiary/aromatic N) is 2. The summed E-state index contributed by atoms with van der Waals surface area (Å²) in [5, 5.41) is 2.91. The Labute approximate surface area is 108 Å². The largest absolute Gasteiger partial charge is 0.396 e. The molecule has 1 aliphatic rings. The zero-order chi connectivity index (χ0) is 12.5. The van der Waals surface area contributed by atoms with E-state index in [1.54, 1.807) is 12.4 Å². The molecule has 0 saturated heterocycles. The molecule has 0 radical (unpaired) electrons. The molecule has 0 aromatic carbocycles. The molecule has 5 nitrogen and oxygen atoms in total. The number of carbonyl (C=O) groups is 1. The molecule has 0 atom stereocenters. The van der Waals surface area contributed by atoms with Crippen molar-refractivity contribution in [3.63, 3.8) is 0 Å². The van der Waals surface area contributed by atoms with Crippen LogP contribution in [0, 0.1) is 5.92 Å². The van der Waals surface area contributed by atoms with Crippen LogP contribution in [0.25, 0.3) is 10.3 Å². The lowest BCUT2D eigenvalue weighted by molar-refractivity contribution is 0.0957. The van der Waals surface area contributed by atoms with E-state index >= 15 is 0 Å². The number of thiophene rings is 1. The van der Waals surface area contributed by atoms with Gasteiger partial charge < -0.3 is 11.1 Å². The van der Waals surface area contributed by atoms with Gasteiger partial charge in [0.25, 0.3) is 5.91 Å². The molecule has 18 heavy (non-hydrogen) atoms. The molecule has 0 unspecified atom stereocenters. The summed E-state index contributed by atoms with van der Waals surface area (Å²) in [7, 11) is 0. The topological polar surface area (TPSA) is 80.9 Å². The Morgan fingerprint density at radius 3 is 2.94 bits per heavy atom. The second kappa shape index (κ2) is 4.53. The maximum atomic E-state index is 12.0. The SMILES string of the molecule is Nc1c(C(=O)NCCC2CC2)sc2nccnc12. The second-order valence-electron chi connectivity index (χ2n) is 4.54. The first-order valence-electron chi connectivity index (χ1n) is 6.03. The van der Waals surface area contributed by atoms with E-state index in [-0.39, 0.29) is 5.91 Å². The molecule has 0 spiro atoms. The Morgan fingerprint density at radius 1 is 1.44 bits per heavy atom. The van der Waals surface area contributed by atoms with Crippen LogP contribution < -0.4 is 11.1 Å². The summed E-state index contributed by atoms with van der Waals surface area (Å²) >= 11 is 1.30. The van der Waals surface area contributed by atoms with E-state index in [9.17, 15) is 4.79 Å². The van der Waals surface area contributed by atoms with Crippen LogP contribution in [0.5, 0.6) is 0 Å². The Morgan fingerprint density at radius 2 is 2.22 bits per heavy atom. The maximum Gasteiger partial charge on any atom is 0.263 e. The highest BCUT2D eigenvalue weighted by Crippen LogP contribution is 2.32. The molecule has 6 heteroatoms. The summed E-state index contributed by atoms with van der Waals surface area (Å²) in [6.07, 6.45) is 6.85. The van der Waals surface area contributed by atoms with Gasteiger partial charge in [-0.2, -0.15) is 0 Å². The number of hydrogen-bond donors (Lipinski definition) is 2. The summed E-state index contributed by atoms with van der Waals surface area (Å²) < 4.78 is 0. The molecule has 1 fully saturated rings. The van der Waals surface area contributed by atoms with Crippen LogP contribution in [0.2, 0.25) is 0 Å². The lowest BCUT2D eigenvalue weighted by Gasteiger charge is -2.02. The zero-order valence-electron chi connectivity index (χ0n) is 9.85. The zero-order valence-corrected chi connectivity index (χ0v) is 10.7. The van der Waals surface area contributed by atoms with Gasteiger partial charge in [0.15, 0.2) is 0 Å². The molecule has 1 amide bonds. The first-order chi connectivity index (χ1) is 8.75. The maximum absolute atomic E-state index is 12.0. The number of nitrogens with two attached hydrogens (primary N) is 1. The van der Waals surface area contributed by atoms with E-state index < -0.39 is 0 Å². The summed E-state index contributed by atoms with van der Waals surface area (Å²) in [6.45, 7) is 0.720. The quantitative estimate of drug-likeness (QED) is 0.880. The minimum atomic E-state index is -0.113. The normalized spacial score (nSPS) is 14.9. The fraction of sp³-hybridized carbons (Fsp3) is 0.417. The predicted octanol–water partition coefficient (Wildman–Crippen LogP) is 1.80. The average Bonchev–Trinajstić information content (AvgIpc) is 3.14. The molecule has 2 aromatic rings. The van der Waals surface area contributed by atoms with Crippen molar-refractivity contribution in [3.8, 4) is 0 Å². The fourth-order valence-corrected chi connectivity index (χ4v) is 2.83. The van der Waals surface area contributed by atoms with Crippen LogP contribution in [0.1, 0.15) is 28.9 Å². The van der Waals surface area contributed by atoms with Crippen LogP contribution in [0.15, 0.2) is 12.4 Å². The highest BCUT2D eigenvalue weighted by atomic mass is 32.1. The lowest BCUT2D eigenvalue weighted by atomic mass is 10.3. The van der Waals surface area contributed by atoms with Gasteiger partial charge >= 0.3 is 0 Å². The molecule has 3 rings (SSSR count). The second-order valence-corrected chi connectivity index (χ2v) is 5.54. The monoisotopic (exact) mass is 262 g/mol. The number of carbonyl (C=O) groups excluding carboxylic acids is 1. The van der Waals surface area contributed by atoms with E-state index in [1.165, 1.54) is 24.2 Å². The molecular formula is C12H14N4OS. The lowest BCUT2D eigenvalue weighted by Crippen LogP contribution is -2.24. The van der Waals surface area contributed by atoms with Crippen molar-refractivity contribution >= 4 is 33.3 Å². The van der Waals surface area contributed by atoms with Gasteiger partial charge in [-0.3, -0.25) is 4.79 Å². The van der Waals surface area contributed by atoms with Crippen molar-refractivity contribution in [2.24, 2.45) is 5.92 Å². The van der Waals surface area contributed by atoms with Crippen molar-refractivity contribution < 1.29 is 4.79 Å². The summed E-state index contributed by atoms with van der Waals surface area (Å²) in [5.74, 6) is 0.700. The fourth-order valence-electron chi connectivity index (χ4n) is 1.89. The van der Waals surface area contributed by atoms with E-state index in [1.807, 2.05) is 0 Å². The van der Waals surface area contributed by atoms with Crippen LogP contribution >= 0.6 is 11.3 Å². The number of anilines is 1. The minimum Gasteiger partial charge on any atom is -0.396 e. The minimum absolute atomic E-state index is 0.113. The molecule has 1 aliphatic carbocycles. The van der Waals surface area contributed by atoms with Crippen molar-refractivity contribution in [1.29, 1.82) is 0 Å². The van der Waals surface area contributed by atoms with Crippen molar-refractivity contribution in [2.45, 2.75) is 19.3 Å². The van der Waals surface area contributed by atoms with Crippen molar-refractivity contribution in [3.05, 3.63) is 17.3 Å². The number of rotatable bonds is 4. The van der Waals surface area contributed by atoms with Crippen LogP contribution in [0.4, 0.5) is 5.69 Å². The van der Waals surface area contributed by atoms with Gasteiger partial charge in [0, 0.05) is 18.9 Å². The first-order valence-corrected chi connectivity index (χ1v) is 6.84. The van der Waals surface area contributed by atoms with Crippen LogP contribution in [0.3, 0.4) is 0 Å². The number of nitrogens with one attached hydrogen (secondary N) is 1. The molecule has 2 aromatic heterocycles. The highest BCUT2D eigenvalue weighted by molar-refractivity contribution is 7.21. The predicted molar refractivity (Wildman–Crippen MR) is 71.5 cm³/mol. The van der Waals surface area contributed by atoms with E-state index in [0.29, 0.717) is 20.9 Å². The van der Waals surface area contributed by atoms with Crippen LogP contribution in [-0.2, 0) is 0 Å². The molecule has 1 saturated carbocycles. The molecule has 0 aliphatic heterocycles. The molecule has 2 heterocycles. The van der Waals surface area contributed by atoms with Gasteiger partial charge in [-0.05, 0) is 12.3 Å². The third-order valence-electron chi connectivity index (χ3n) is 3.10. The Balaban J connectivity index is 1.75. The molecule has 94 valence electrons. The smallest absolute Gasteiger partial charge is 0.263 e.